The molecule has 0 aliphatic carbocycles. The van der Waals surface area contributed by atoms with Crippen LogP contribution in [0.3, 0.4) is 0 Å². The van der Waals surface area contributed by atoms with E-state index in [-0.39, 0.29) is 11.9 Å². The minimum Gasteiger partial charge on any atom is -0.343 e. The van der Waals surface area contributed by atoms with Gasteiger partial charge in [0.15, 0.2) is 5.82 Å². The van der Waals surface area contributed by atoms with Crippen molar-refractivity contribution in [3.8, 4) is 0 Å². The monoisotopic (exact) mass is 308 g/mol. The number of piperidine rings is 1. The predicted octanol–water partition coefficient (Wildman–Crippen LogP) is 2.32. The summed E-state index contributed by atoms with van der Waals surface area (Å²) in [5, 5.41) is 7.63. The Morgan fingerprint density at radius 2 is 2.27 bits per heavy atom. The van der Waals surface area contributed by atoms with Crippen LogP contribution in [0, 0.1) is 5.92 Å². The van der Waals surface area contributed by atoms with E-state index in [1.807, 2.05) is 4.90 Å². The summed E-state index contributed by atoms with van der Waals surface area (Å²) in [7, 11) is 0. The zero-order valence-corrected chi connectivity index (χ0v) is 14.1. The van der Waals surface area contributed by atoms with Crippen molar-refractivity contribution < 1.29 is 9.32 Å². The molecular weight excluding hydrogens is 280 g/mol. The zero-order chi connectivity index (χ0) is 16.1. The standard InChI is InChI=1S/C16H28N4O2/c1-5-7-15-18-16(22-19-15)11(3)17-14-8-9-20(12(4)21)10-13(14)6-2/h11,13-14,17H,5-10H2,1-4H3/t11-,13-,14-/m0/s1. The molecule has 6 heteroatoms. The third-order valence-electron chi connectivity index (χ3n) is 4.50. The Labute approximate surface area is 132 Å². The van der Waals surface area contributed by atoms with Crippen LogP contribution < -0.4 is 5.32 Å². The highest BCUT2D eigenvalue weighted by Gasteiger charge is 2.31. The molecule has 0 aromatic carbocycles. The Morgan fingerprint density at radius 3 is 2.91 bits per heavy atom. The summed E-state index contributed by atoms with van der Waals surface area (Å²) in [6.45, 7) is 9.65. The molecule has 1 aromatic heterocycles. The highest BCUT2D eigenvalue weighted by Crippen LogP contribution is 2.23. The normalized spacial score (nSPS) is 23.5. The van der Waals surface area contributed by atoms with Gasteiger partial charge in [0, 0.05) is 32.5 Å². The number of aryl methyl sites for hydroxylation is 1. The SMILES string of the molecule is CCCc1noc([C@H](C)N[C@H]2CCN(C(C)=O)C[C@@H]2CC)n1. The molecule has 1 N–H and O–H groups in total. The van der Waals surface area contributed by atoms with Gasteiger partial charge in [-0.3, -0.25) is 4.79 Å². The number of carbonyl (C=O) groups excluding carboxylic acids is 1. The van der Waals surface area contributed by atoms with Crippen molar-refractivity contribution in [2.75, 3.05) is 13.1 Å². The van der Waals surface area contributed by atoms with Crippen LogP contribution in [0.1, 0.15) is 64.7 Å². The highest BCUT2D eigenvalue weighted by molar-refractivity contribution is 5.73. The lowest BCUT2D eigenvalue weighted by atomic mass is 9.89. The first-order valence-electron chi connectivity index (χ1n) is 8.39. The van der Waals surface area contributed by atoms with E-state index in [4.69, 9.17) is 4.52 Å². The quantitative estimate of drug-likeness (QED) is 0.873. The summed E-state index contributed by atoms with van der Waals surface area (Å²) in [4.78, 5) is 17.9. The number of rotatable bonds is 6. The predicted molar refractivity (Wildman–Crippen MR) is 84.3 cm³/mol. The van der Waals surface area contributed by atoms with E-state index < -0.39 is 0 Å². The molecule has 124 valence electrons. The van der Waals surface area contributed by atoms with E-state index in [1.165, 1.54) is 0 Å². The van der Waals surface area contributed by atoms with E-state index in [1.54, 1.807) is 6.92 Å². The summed E-state index contributed by atoms with van der Waals surface area (Å²) in [6.07, 6.45) is 3.89. The minimum absolute atomic E-state index is 0.0426. The Kier molecular flexibility index (Phi) is 5.94. The molecule has 22 heavy (non-hydrogen) atoms. The van der Waals surface area contributed by atoms with Crippen molar-refractivity contribution in [1.29, 1.82) is 0 Å². The van der Waals surface area contributed by atoms with Gasteiger partial charge in [-0.2, -0.15) is 4.98 Å². The summed E-state index contributed by atoms with van der Waals surface area (Å²) in [5.74, 6) is 2.08. The van der Waals surface area contributed by atoms with Gasteiger partial charge in [0.1, 0.15) is 0 Å². The number of aromatic nitrogens is 2. The molecule has 1 amide bonds. The second-order valence-corrected chi connectivity index (χ2v) is 6.22. The molecule has 0 saturated carbocycles. The Bertz CT molecular complexity index is 488. The van der Waals surface area contributed by atoms with Gasteiger partial charge in [0.05, 0.1) is 6.04 Å². The third-order valence-corrected chi connectivity index (χ3v) is 4.50. The number of carbonyl (C=O) groups is 1. The van der Waals surface area contributed by atoms with Crippen LogP contribution in [-0.2, 0) is 11.2 Å². The van der Waals surface area contributed by atoms with E-state index in [2.05, 4.69) is 36.2 Å². The van der Waals surface area contributed by atoms with Crippen LogP contribution in [0.25, 0.3) is 0 Å². The van der Waals surface area contributed by atoms with Gasteiger partial charge in [-0.15, -0.1) is 0 Å². The molecule has 1 aliphatic rings. The first-order chi connectivity index (χ1) is 10.5. The first kappa shape index (κ1) is 16.9. The van der Waals surface area contributed by atoms with Crippen LogP contribution in [-0.4, -0.2) is 40.1 Å². The molecule has 2 rings (SSSR count). The van der Waals surface area contributed by atoms with E-state index in [0.29, 0.717) is 17.9 Å². The van der Waals surface area contributed by atoms with Crippen LogP contribution in [0.15, 0.2) is 4.52 Å². The van der Waals surface area contributed by atoms with E-state index >= 15 is 0 Å². The molecule has 6 nitrogen and oxygen atoms in total. The molecule has 3 atom stereocenters. The van der Waals surface area contributed by atoms with Gasteiger partial charge < -0.3 is 14.7 Å². The molecule has 0 unspecified atom stereocenters. The molecule has 2 heterocycles. The second kappa shape index (κ2) is 7.72. The average Bonchev–Trinajstić information content (AvgIpc) is 2.96. The van der Waals surface area contributed by atoms with Gasteiger partial charge in [-0.05, 0) is 25.7 Å². The number of hydrogen-bond donors (Lipinski definition) is 1. The molecule has 0 spiro atoms. The van der Waals surface area contributed by atoms with E-state index in [9.17, 15) is 4.79 Å². The fraction of sp³-hybridized carbons (Fsp3) is 0.812. The lowest BCUT2D eigenvalue weighted by molar-refractivity contribution is -0.131. The topological polar surface area (TPSA) is 71.3 Å². The Hall–Kier alpha value is -1.43. The maximum atomic E-state index is 11.5. The summed E-state index contributed by atoms with van der Waals surface area (Å²) >= 11 is 0. The summed E-state index contributed by atoms with van der Waals surface area (Å²) in [6, 6.07) is 0.429. The van der Waals surface area contributed by atoms with Crippen molar-refractivity contribution >= 4 is 5.91 Å². The number of amides is 1. The molecule has 1 saturated heterocycles. The van der Waals surface area contributed by atoms with Crippen LogP contribution in [0.5, 0.6) is 0 Å². The van der Waals surface area contributed by atoms with Crippen LogP contribution in [0.4, 0.5) is 0 Å². The number of nitrogens with one attached hydrogen (secondary N) is 1. The van der Waals surface area contributed by atoms with Gasteiger partial charge in [-0.1, -0.05) is 25.4 Å². The number of likely N-dealkylation sites (tertiary alicyclic amines) is 1. The molecule has 0 radical (unpaired) electrons. The van der Waals surface area contributed by atoms with Crippen molar-refractivity contribution in [3.05, 3.63) is 11.7 Å². The maximum Gasteiger partial charge on any atom is 0.243 e. The fourth-order valence-corrected chi connectivity index (χ4v) is 3.11. The molecular formula is C16H28N4O2. The minimum atomic E-state index is 0.0426. The molecule has 1 aromatic rings. The van der Waals surface area contributed by atoms with Crippen molar-refractivity contribution in [2.45, 2.75) is 65.5 Å². The Morgan fingerprint density at radius 1 is 1.50 bits per heavy atom. The summed E-state index contributed by atoms with van der Waals surface area (Å²) < 4.78 is 5.36. The molecule has 0 bridgehead atoms. The Balaban J connectivity index is 1.94. The lowest BCUT2D eigenvalue weighted by Crippen LogP contribution is -2.50. The third kappa shape index (κ3) is 4.06. The fourth-order valence-electron chi connectivity index (χ4n) is 3.11. The maximum absolute atomic E-state index is 11.5. The van der Waals surface area contributed by atoms with Crippen molar-refractivity contribution in [1.82, 2.24) is 20.4 Å². The van der Waals surface area contributed by atoms with Gasteiger partial charge in [-0.25, -0.2) is 0 Å². The highest BCUT2D eigenvalue weighted by atomic mass is 16.5. The van der Waals surface area contributed by atoms with Crippen LogP contribution in [0.2, 0.25) is 0 Å². The largest absolute Gasteiger partial charge is 0.343 e. The van der Waals surface area contributed by atoms with Crippen molar-refractivity contribution in [3.63, 3.8) is 0 Å². The number of hydrogen-bond acceptors (Lipinski definition) is 5. The van der Waals surface area contributed by atoms with E-state index in [0.717, 1.165) is 44.6 Å². The van der Waals surface area contributed by atoms with Gasteiger partial charge in [0.25, 0.3) is 0 Å². The lowest BCUT2D eigenvalue weighted by Gasteiger charge is -2.39. The van der Waals surface area contributed by atoms with Crippen molar-refractivity contribution in [2.24, 2.45) is 5.92 Å². The summed E-state index contributed by atoms with van der Waals surface area (Å²) in [5.41, 5.74) is 0. The number of nitrogens with zero attached hydrogens (tertiary/aromatic N) is 3. The first-order valence-corrected chi connectivity index (χ1v) is 8.39. The zero-order valence-electron chi connectivity index (χ0n) is 14.1. The molecule has 1 fully saturated rings. The van der Waals surface area contributed by atoms with Gasteiger partial charge in [0.2, 0.25) is 11.8 Å². The molecule has 1 aliphatic heterocycles. The average molecular weight is 308 g/mol. The van der Waals surface area contributed by atoms with Gasteiger partial charge >= 0.3 is 0 Å². The smallest absolute Gasteiger partial charge is 0.243 e. The van der Waals surface area contributed by atoms with Crippen LogP contribution >= 0.6 is 0 Å². The second-order valence-electron chi connectivity index (χ2n) is 6.22.